The fourth-order valence-corrected chi connectivity index (χ4v) is 2.04. The summed E-state index contributed by atoms with van der Waals surface area (Å²) in [6.45, 7) is 0.590. The highest BCUT2D eigenvalue weighted by Crippen LogP contribution is 2.34. The number of aromatic hydroxyl groups is 1. The van der Waals surface area contributed by atoms with Crippen molar-refractivity contribution in [2.24, 2.45) is 5.73 Å². The standard InChI is InChI=1S/C14H14ClNO.ClH/c15-13-4-2-1-3-11(13)12-9-10(7-8-16)5-6-14(12)17;/h1-6,9,17H,7-8,16H2;1H. The Morgan fingerprint density at radius 1 is 1.06 bits per heavy atom. The molecule has 2 nitrogen and oxygen atoms in total. The molecule has 0 atom stereocenters. The average molecular weight is 284 g/mol. The largest absolute Gasteiger partial charge is 0.507 e. The van der Waals surface area contributed by atoms with Gasteiger partial charge in [-0.2, -0.15) is 0 Å². The zero-order valence-corrected chi connectivity index (χ0v) is 11.3. The van der Waals surface area contributed by atoms with Crippen LogP contribution < -0.4 is 5.73 Å². The fraction of sp³-hybridized carbons (Fsp3) is 0.143. The van der Waals surface area contributed by atoms with Crippen LogP contribution in [0, 0.1) is 0 Å². The highest BCUT2D eigenvalue weighted by atomic mass is 35.5. The van der Waals surface area contributed by atoms with Crippen molar-refractivity contribution in [2.45, 2.75) is 6.42 Å². The third kappa shape index (κ3) is 3.16. The van der Waals surface area contributed by atoms with Gasteiger partial charge in [-0.3, -0.25) is 0 Å². The van der Waals surface area contributed by atoms with Gasteiger partial charge >= 0.3 is 0 Å². The van der Waals surface area contributed by atoms with Crippen LogP contribution >= 0.6 is 24.0 Å². The van der Waals surface area contributed by atoms with E-state index < -0.39 is 0 Å². The van der Waals surface area contributed by atoms with Gasteiger partial charge in [0.15, 0.2) is 0 Å². The molecule has 0 spiro atoms. The quantitative estimate of drug-likeness (QED) is 0.904. The molecule has 0 aromatic heterocycles. The number of hydrogen-bond donors (Lipinski definition) is 2. The van der Waals surface area contributed by atoms with Crippen molar-refractivity contribution in [3.05, 3.63) is 53.1 Å². The van der Waals surface area contributed by atoms with Crippen LogP contribution in [0.4, 0.5) is 0 Å². The molecule has 2 aromatic carbocycles. The fourth-order valence-electron chi connectivity index (χ4n) is 1.80. The molecule has 0 aliphatic rings. The minimum Gasteiger partial charge on any atom is -0.507 e. The van der Waals surface area contributed by atoms with E-state index >= 15 is 0 Å². The van der Waals surface area contributed by atoms with Crippen LogP contribution in [0.25, 0.3) is 11.1 Å². The molecule has 0 fully saturated rings. The van der Waals surface area contributed by atoms with Crippen LogP contribution in [0.1, 0.15) is 5.56 Å². The molecule has 0 heterocycles. The highest BCUT2D eigenvalue weighted by molar-refractivity contribution is 6.33. The number of nitrogens with two attached hydrogens (primary N) is 1. The Morgan fingerprint density at radius 2 is 1.78 bits per heavy atom. The molecule has 3 N–H and O–H groups in total. The lowest BCUT2D eigenvalue weighted by molar-refractivity contribution is 0.477. The summed E-state index contributed by atoms with van der Waals surface area (Å²) in [7, 11) is 0. The summed E-state index contributed by atoms with van der Waals surface area (Å²) < 4.78 is 0. The van der Waals surface area contributed by atoms with Crippen molar-refractivity contribution in [1.82, 2.24) is 0 Å². The van der Waals surface area contributed by atoms with Crippen LogP contribution in [0.5, 0.6) is 5.75 Å². The molecule has 96 valence electrons. The zero-order valence-electron chi connectivity index (χ0n) is 9.77. The van der Waals surface area contributed by atoms with Crippen molar-refractivity contribution in [3.8, 4) is 16.9 Å². The van der Waals surface area contributed by atoms with Gasteiger partial charge in [-0.05, 0) is 36.7 Å². The Balaban J connectivity index is 0.00000162. The number of benzene rings is 2. The van der Waals surface area contributed by atoms with Gasteiger partial charge in [0.25, 0.3) is 0 Å². The molecule has 2 rings (SSSR count). The third-order valence-electron chi connectivity index (χ3n) is 2.66. The number of phenols is 1. The van der Waals surface area contributed by atoms with E-state index in [1.807, 2.05) is 36.4 Å². The van der Waals surface area contributed by atoms with Gasteiger partial charge in [-0.15, -0.1) is 12.4 Å². The van der Waals surface area contributed by atoms with E-state index in [-0.39, 0.29) is 18.2 Å². The Morgan fingerprint density at radius 3 is 2.44 bits per heavy atom. The van der Waals surface area contributed by atoms with E-state index in [1.54, 1.807) is 6.07 Å². The Hall–Kier alpha value is -1.22. The number of phenolic OH excluding ortho intramolecular Hbond substituents is 1. The summed E-state index contributed by atoms with van der Waals surface area (Å²) >= 11 is 6.12. The molecule has 18 heavy (non-hydrogen) atoms. The predicted octanol–water partition coefficient (Wildman–Crippen LogP) is 3.64. The topological polar surface area (TPSA) is 46.2 Å². The summed E-state index contributed by atoms with van der Waals surface area (Å²) in [4.78, 5) is 0. The maximum atomic E-state index is 9.89. The minimum atomic E-state index is 0. The molecule has 0 amide bonds. The molecule has 0 radical (unpaired) electrons. The van der Waals surface area contributed by atoms with Gasteiger partial charge in [0.1, 0.15) is 5.75 Å². The molecule has 0 aliphatic heterocycles. The van der Waals surface area contributed by atoms with E-state index in [0.717, 1.165) is 23.1 Å². The average Bonchev–Trinajstić information content (AvgIpc) is 2.33. The van der Waals surface area contributed by atoms with E-state index in [1.165, 1.54) is 0 Å². The summed E-state index contributed by atoms with van der Waals surface area (Å²) in [5.74, 6) is 0.235. The molecule has 0 aliphatic carbocycles. The maximum Gasteiger partial charge on any atom is 0.123 e. The molecule has 0 bridgehead atoms. The van der Waals surface area contributed by atoms with Gasteiger partial charge in [-0.1, -0.05) is 35.9 Å². The second-order valence-electron chi connectivity index (χ2n) is 3.87. The monoisotopic (exact) mass is 283 g/mol. The normalized spacial score (nSPS) is 9.89. The Labute approximate surface area is 118 Å². The van der Waals surface area contributed by atoms with Crippen molar-refractivity contribution >= 4 is 24.0 Å². The van der Waals surface area contributed by atoms with Crippen LogP contribution in [0.3, 0.4) is 0 Å². The SMILES string of the molecule is Cl.NCCc1ccc(O)c(-c2ccccc2Cl)c1. The molecule has 0 unspecified atom stereocenters. The highest BCUT2D eigenvalue weighted by Gasteiger charge is 2.08. The van der Waals surface area contributed by atoms with Crippen molar-refractivity contribution < 1.29 is 5.11 Å². The van der Waals surface area contributed by atoms with Crippen LogP contribution in [-0.2, 0) is 6.42 Å². The van der Waals surface area contributed by atoms with E-state index in [0.29, 0.717) is 11.6 Å². The lowest BCUT2D eigenvalue weighted by Gasteiger charge is -2.09. The van der Waals surface area contributed by atoms with Crippen molar-refractivity contribution in [1.29, 1.82) is 0 Å². The van der Waals surface area contributed by atoms with E-state index in [9.17, 15) is 5.11 Å². The smallest absolute Gasteiger partial charge is 0.123 e. The first kappa shape index (κ1) is 14.8. The summed E-state index contributed by atoms with van der Waals surface area (Å²) in [6, 6.07) is 13.0. The van der Waals surface area contributed by atoms with E-state index in [4.69, 9.17) is 17.3 Å². The number of halogens is 2. The second-order valence-corrected chi connectivity index (χ2v) is 4.28. The Bertz CT molecular complexity index is 529. The second kappa shape index (κ2) is 6.64. The van der Waals surface area contributed by atoms with Gasteiger partial charge in [0.2, 0.25) is 0 Å². The molecule has 2 aromatic rings. The van der Waals surface area contributed by atoms with E-state index in [2.05, 4.69) is 0 Å². The first-order chi connectivity index (χ1) is 8.22. The first-order valence-corrected chi connectivity index (χ1v) is 5.87. The molecular formula is C14H15Cl2NO. The summed E-state index contributed by atoms with van der Waals surface area (Å²) in [5.41, 5.74) is 8.22. The lowest BCUT2D eigenvalue weighted by Crippen LogP contribution is -2.02. The van der Waals surface area contributed by atoms with Gasteiger partial charge in [0, 0.05) is 16.1 Å². The first-order valence-electron chi connectivity index (χ1n) is 5.49. The van der Waals surface area contributed by atoms with Crippen LogP contribution in [0.15, 0.2) is 42.5 Å². The molecule has 4 heteroatoms. The Kier molecular flexibility index (Phi) is 5.48. The van der Waals surface area contributed by atoms with Crippen molar-refractivity contribution in [2.75, 3.05) is 6.54 Å². The maximum absolute atomic E-state index is 9.89. The number of hydrogen-bond acceptors (Lipinski definition) is 2. The molecular weight excluding hydrogens is 269 g/mol. The van der Waals surface area contributed by atoms with Gasteiger partial charge in [-0.25, -0.2) is 0 Å². The van der Waals surface area contributed by atoms with Crippen LogP contribution in [-0.4, -0.2) is 11.7 Å². The summed E-state index contributed by atoms with van der Waals surface area (Å²) in [5, 5.41) is 10.5. The van der Waals surface area contributed by atoms with Crippen molar-refractivity contribution in [3.63, 3.8) is 0 Å². The van der Waals surface area contributed by atoms with Crippen LogP contribution in [0.2, 0.25) is 5.02 Å². The van der Waals surface area contributed by atoms with Gasteiger partial charge in [0.05, 0.1) is 0 Å². The number of rotatable bonds is 3. The molecule has 0 saturated heterocycles. The zero-order chi connectivity index (χ0) is 12.3. The third-order valence-corrected chi connectivity index (χ3v) is 2.99. The summed E-state index contributed by atoms with van der Waals surface area (Å²) in [6.07, 6.45) is 0.789. The predicted molar refractivity (Wildman–Crippen MR) is 78.6 cm³/mol. The lowest BCUT2D eigenvalue weighted by atomic mass is 10.0. The van der Waals surface area contributed by atoms with Gasteiger partial charge < -0.3 is 10.8 Å². The minimum absolute atomic E-state index is 0. The molecule has 0 saturated carbocycles.